The van der Waals surface area contributed by atoms with Crippen LogP contribution in [0.3, 0.4) is 0 Å². The van der Waals surface area contributed by atoms with Crippen molar-refractivity contribution in [1.29, 1.82) is 0 Å². The number of likely N-dealkylation sites (tertiary alicyclic amines) is 1. The van der Waals surface area contributed by atoms with Gasteiger partial charge in [-0.25, -0.2) is 0 Å². The number of ether oxygens (including phenoxy) is 1. The highest BCUT2D eigenvalue weighted by Crippen LogP contribution is 2.28. The van der Waals surface area contributed by atoms with E-state index in [1.54, 1.807) is 0 Å². The van der Waals surface area contributed by atoms with Gasteiger partial charge in [0.2, 0.25) is 0 Å². The Balaban J connectivity index is 1.48. The zero-order chi connectivity index (χ0) is 13.9. The summed E-state index contributed by atoms with van der Waals surface area (Å²) in [5.41, 5.74) is 6.14. The third-order valence-corrected chi connectivity index (χ3v) is 4.67. The summed E-state index contributed by atoms with van der Waals surface area (Å²) in [4.78, 5) is 9.38. The van der Waals surface area contributed by atoms with Crippen molar-refractivity contribution in [1.82, 2.24) is 9.80 Å². The molecule has 2 heterocycles. The number of piperidine rings is 1. The minimum absolute atomic E-state index is 0.227. The van der Waals surface area contributed by atoms with E-state index in [2.05, 4.69) is 21.7 Å². The second-order valence-corrected chi connectivity index (χ2v) is 6.61. The Morgan fingerprint density at radius 2 is 2.10 bits per heavy atom. The molecule has 3 fully saturated rings. The van der Waals surface area contributed by atoms with Gasteiger partial charge in [0.1, 0.15) is 0 Å². The van der Waals surface area contributed by atoms with Gasteiger partial charge in [-0.15, -0.1) is 0 Å². The predicted octanol–water partition coefficient (Wildman–Crippen LogP) is 0.896. The molecule has 20 heavy (non-hydrogen) atoms. The van der Waals surface area contributed by atoms with E-state index in [-0.39, 0.29) is 6.10 Å². The lowest BCUT2D eigenvalue weighted by Crippen LogP contribution is -2.46. The average molecular weight is 280 g/mol. The summed E-state index contributed by atoms with van der Waals surface area (Å²) in [6.07, 6.45) is 5.50. The number of hydrogen-bond donors (Lipinski definition) is 1. The lowest BCUT2D eigenvalue weighted by atomic mass is 10.0. The highest BCUT2D eigenvalue weighted by Gasteiger charge is 2.32. The molecule has 1 saturated carbocycles. The molecule has 5 heteroatoms. The molecular weight excluding hydrogens is 252 g/mol. The van der Waals surface area contributed by atoms with Crippen LogP contribution in [0.5, 0.6) is 0 Å². The maximum Gasteiger partial charge on any atom is 0.191 e. The molecule has 0 aromatic rings. The van der Waals surface area contributed by atoms with Crippen LogP contribution in [0.4, 0.5) is 0 Å². The number of nitrogens with two attached hydrogens (primary N) is 1. The summed E-state index contributed by atoms with van der Waals surface area (Å²) in [5.74, 6) is 1.44. The fourth-order valence-electron chi connectivity index (χ4n) is 3.32. The molecule has 0 amide bonds. The van der Waals surface area contributed by atoms with Gasteiger partial charge in [-0.3, -0.25) is 9.89 Å². The van der Waals surface area contributed by atoms with Crippen molar-refractivity contribution in [2.75, 3.05) is 39.3 Å². The molecular formula is C15H28N4O. The molecule has 0 bridgehead atoms. The van der Waals surface area contributed by atoms with Gasteiger partial charge in [0.15, 0.2) is 5.96 Å². The van der Waals surface area contributed by atoms with Gasteiger partial charge in [-0.05, 0) is 31.6 Å². The first-order chi connectivity index (χ1) is 9.72. The monoisotopic (exact) mass is 280 g/mol. The molecule has 3 rings (SSSR count). The quantitative estimate of drug-likeness (QED) is 0.616. The first-order valence-electron chi connectivity index (χ1n) is 8.13. The zero-order valence-corrected chi connectivity index (χ0v) is 12.6. The number of morpholine rings is 1. The fraction of sp³-hybridized carbons (Fsp3) is 0.933. The third kappa shape index (κ3) is 3.64. The maximum absolute atomic E-state index is 6.14. The van der Waals surface area contributed by atoms with Gasteiger partial charge >= 0.3 is 0 Å². The van der Waals surface area contributed by atoms with Crippen molar-refractivity contribution in [3.05, 3.63) is 0 Å². The highest BCUT2D eigenvalue weighted by atomic mass is 16.5. The molecule has 0 spiro atoms. The zero-order valence-electron chi connectivity index (χ0n) is 12.6. The fourth-order valence-corrected chi connectivity index (χ4v) is 3.32. The molecule has 5 nitrogen and oxygen atoms in total. The summed E-state index contributed by atoms with van der Waals surface area (Å²) in [5, 5.41) is 0. The van der Waals surface area contributed by atoms with Crippen molar-refractivity contribution >= 4 is 5.96 Å². The standard InChI is InChI=1S/C15H28N4O/c1-12-3-2-6-19(10-12)15(16)17-9-14-11-18(7-8-20-14)13-4-5-13/h12-14H,2-11H2,1H3,(H2,16,17). The molecule has 2 unspecified atom stereocenters. The van der Waals surface area contributed by atoms with Crippen molar-refractivity contribution < 1.29 is 4.74 Å². The van der Waals surface area contributed by atoms with Crippen LogP contribution in [0.2, 0.25) is 0 Å². The van der Waals surface area contributed by atoms with E-state index in [0.717, 1.165) is 44.7 Å². The lowest BCUT2D eigenvalue weighted by Gasteiger charge is -2.33. The summed E-state index contributed by atoms with van der Waals surface area (Å²) in [7, 11) is 0. The molecule has 2 atom stereocenters. The van der Waals surface area contributed by atoms with Crippen LogP contribution in [0, 0.1) is 5.92 Å². The highest BCUT2D eigenvalue weighted by molar-refractivity contribution is 5.78. The second-order valence-electron chi connectivity index (χ2n) is 6.61. The Bertz CT molecular complexity index is 356. The van der Waals surface area contributed by atoms with Crippen LogP contribution in [0.15, 0.2) is 4.99 Å². The van der Waals surface area contributed by atoms with E-state index in [4.69, 9.17) is 10.5 Å². The maximum atomic E-state index is 6.14. The molecule has 0 aromatic heterocycles. The van der Waals surface area contributed by atoms with Crippen LogP contribution in [0.25, 0.3) is 0 Å². The van der Waals surface area contributed by atoms with Crippen molar-refractivity contribution in [3.8, 4) is 0 Å². The van der Waals surface area contributed by atoms with Crippen molar-refractivity contribution in [3.63, 3.8) is 0 Å². The Kier molecular flexibility index (Phi) is 4.46. The SMILES string of the molecule is CC1CCCN(C(N)=NCC2CN(C3CC3)CCO2)C1. The van der Waals surface area contributed by atoms with Gasteiger partial charge in [0.25, 0.3) is 0 Å². The van der Waals surface area contributed by atoms with Crippen LogP contribution >= 0.6 is 0 Å². The number of aliphatic imine (C=N–C) groups is 1. The minimum atomic E-state index is 0.227. The molecule has 0 aromatic carbocycles. The predicted molar refractivity (Wildman–Crippen MR) is 80.8 cm³/mol. The average Bonchev–Trinajstić information content (AvgIpc) is 3.30. The van der Waals surface area contributed by atoms with E-state index in [1.165, 1.54) is 25.7 Å². The third-order valence-electron chi connectivity index (χ3n) is 4.67. The van der Waals surface area contributed by atoms with Gasteiger partial charge in [0.05, 0.1) is 19.3 Å². The van der Waals surface area contributed by atoms with E-state index in [1.807, 2.05) is 0 Å². The van der Waals surface area contributed by atoms with E-state index < -0.39 is 0 Å². The molecule has 114 valence electrons. The van der Waals surface area contributed by atoms with Crippen molar-refractivity contribution in [2.24, 2.45) is 16.6 Å². The van der Waals surface area contributed by atoms with E-state index >= 15 is 0 Å². The van der Waals surface area contributed by atoms with E-state index in [0.29, 0.717) is 12.5 Å². The molecule has 0 radical (unpaired) electrons. The van der Waals surface area contributed by atoms with Crippen LogP contribution in [-0.2, 0) is 4.74 Å². The Labute approximate surface area is 122 Å². The summed E-state index contributed by atoms with van der Waals surface area (Å²) >= 11 is 0. The molecule has 2 aliphatic heterocycles. The minimum Gasteiger partial charge on any atom is -0.374 e. The van der Waals surface area contributed by atoms with Gasteiger partial charge in [-0.2, -0.15) is 0 Å². The molecule has 3 aliphatic rings. The molecule has 2 N–H and O–H groups in total. The first-order valence-corrected chi connectivity index (χ1v) is 8.13. The van der Waals surface area contributed by atoms with Crippen molar-refractivity contribution in [2.45, 2.75) is 44.8 Å². The number of hydrogen-bond acceptors (Lipinski definition) is 3. The molecule has 2 saturated heterocycles. The van der Waals surface area contributed by atoms with Crippen LogP contribution < -0.4 is 5.73 Å². The van der Waals surface area contributed by atoms with Gasteiger partial charge < -0.3 is 15.4 Å². The largest absolute Gasteiger partial charge is 0.374 e. The Hall–Kier alpha value is -0.810. The summed E-state index contributed by atoms with van der Waals surface area (Å²) < 4.78 is 5.82. The topological polar surface area (TPSA) is 54.1 Å². The van der Waals surface area contributed by atoms with E-state index in [9.17, 15) is 0 Å². The first kappa shape index (κ1) is 14.1. The summed E-state index contributed by atoms with van der Waals surface area (Å²) in [6, 6.07) is 0.825. The summed E-state index contributed by atoms with van der Waals surface area (Å²) in [6.45, 7) is 8.06. The smallest absolute Gasteiger partial charge is 0.191 e. The van der Waals surface area contributed by atoms with Gasteiger partial charge in [-0.1, -0.05) is 6.92 Å². The number of nitrogens with zero attached hydrogens (tertiary/aromatic N) is 3. The molecule has 1 aliphatic carbocycles. The number of rotatable bonds is 3. The number of guanidine groups is 1. The van der Waals surface area contributed by atoms with Gasteiger partial charge in [0, 0.05) is 32.2 Å². The van der Waals surface area contributed by atoms with Crippen LogP contribution in [0.1, 0.15) is 32.6 Å². The Morgan fingerprint density at radius 3 is 2.85 bits per heavy atom. The lowest BCUT2D eigenvalue weighted by molar-refractivity contribution is -0.0260. The normalized spacial score (nSPS) is 33.5. The second kappa shape index (κ2) is 6.31. The Morgan fingerprint density at radius 1 is 1.25 bits per heavy atom. The van der Waals surface area contributed by atoms with Crippen LogP contribution in [-0.4, -0.2) is 67.2 Å².